The van der Waals surface area contributed by atoms with Crippen LogP contribution in [0.4, 0.5) is 0 Å². The average Bonchev–Trinajstić information content (AvgIpc) is 2.49. The number of benzene rings is 1. The van der Waals surface area contributed by atoms with E-state index in [0.29, 0.717) is 25.0 Å². The van der Waals surface area contributed by atoms with Gasteiger partial charge in [-0.2, -0.15) is 0 Å². The summed E-state index contributed by atoms with van der Waals surface area (Å²) >= 11 is 0. The van der Waals surface area contributed by atoms with E-state index in [9.17, 15) is 10.3 Å². The predicted octanol–water partition coefficient (Wildman–Crippen LogP) is 3.15. The molecule has 0 atom stereocenters. The molecule has 0 heterocycles. The van der Waals surface area contributed by atoms with Gasteiger partial charge in [0.1, 0.15) is 11.4 Å². The van der Waals surface area contributed by atoms with Gasteiger partial charge in [0.25, 0.3) is 0 Å². The first-order chi connectivity index (χ1) is 9.68. The highest BCUT2D eigenvalue weighted by Crippen LogP contribution is 2.31. The molecule has 0 amide bonds. The third-order valence-corrected chi connectivity index (χ3v) is 4.15. The van der Waals surface area contributed by atoms with E-state index < -0.39 is 5.60 Å². The maximum Gasteiger partial charge on any atom is 0.118 e. The Morgan fingerprint density at radius 2 is 1.85 bits per heavy atom. The number of oxime groups is 1. The Morgan fingerprint density at radius 3 is 2.40 bits per heavy atom. The van der Waals surface area contributed by atoms with Crippen molar-refractivity contribution in [2.24, 2.45) is 5.16 Å². The molecule has 0 saturated heterocycles. The molecule has 0 aromatic heterocycles. The minimum Gasteiger partial charge on any atom is -0.497 e. The van der Waals surface area contributed by atoms with E-state index in [1.54, 1.807) is 7.11 Å². The van der Waals surface area contributed by atoms with Gasteiger partial charge in [-0.05, 0) is 43.4 Å². The lowest BCUT2D eigenvalue weighted by Crippen LogP contribution is -2.40. The number of hydrogen-bond donors (Lipinski definition) is 2. The van der Waals surface area contributed by atoms with Gasteiger partial charge in [0, 0.05) is 0 Å². The van der Waals surface area contributed by atoms with Gasteiger partial charge in [-0.15, -0.1) is 0 Å². The average molecular weight is 277 g/mol. The number of methoxy groups -OCH3 is 1. The van der Waals surface area contributed by atoms with E-state index in [1.807, 2.05) is 24.3 Å². The lowest BCUT2D eigenvalue weighted by molar-refractivity contribution is 0.0652. The van der Waals surface area contributed by atoms with Crippen LogP contribution in [0.15, 0.2) is 29.4 Å². The standard InChI is InChI=1S/C16H23NO3/c1-20-14-8-5-13(6-9-14)7-10-15(17-19)16(18)11-3-2-4-12-16/h5-6,8-9,18-19H,2-4,7,10-12H2,1H3/b17-15-. The second kappa shape index (κ2) is 6.75. The molecule has 0 bridgehead atoms. The Balaban J connectivity index is 1.96. The Hall–Kier alpha value is -1.55. The molecular formula is C16H23NO3. The number of aliphatic hydroxyl groups is 1. The zero-order valence-corrected chi connectivity index (χ0v) is 12.0. The summed E-state index contributed by atoms with van der Waals surface area (Å²) in [5.41, 5.74) is 0.763. The van der Waals surface area contributed by atoms with Crippen LogP contribution in [-0.4, -0.2) is 28.7 Å². The summed E-state index contributed by atoms with van der Waals surface area (Å²) < 4.78 is 5.12. The minimum absolute atomic E-state index is 0.521. The molecular weight excluding hydrogens is 254 g/mol. The molecule has 2 rings (SSSR count). The molecule has 2 N–H and O–H groups in total. The highest BCUT2D eigenvalue weighted by molar-refractivity contribution is 5.92. The van der Waals surface area contributed by atoms with Crippen molar-refractivity contribution in [2.45, 2.75) is 50.5 Å². The van der Waals surface area contributed by atoms with Crippen LogP contribution in [0.25, 0.3) is 0 Å². The summed E-state index contributed by atoms with van der Waals surface area (Å²) in [4.78, 5) is 0. The number of rotatable bonds is 5. The summed E-state index contributed by atoms with van der Waals surface area (Å²) in [6.07, 6.45) is 5.89. The fraction of sp³-hybridized carbons (Fsp3) is 0.562. The largest absolute Gasteiger partial charge is 0.497 e. The van der Waals surface area contributed by atoms with Crippen molar-refractivity contribution < 1.29 is 15.1 Å². The Morgan fingerprint density at radius 1 is 1.20 bits per heavy atom. The van der Waals surface area contributed by atoms with Gasteiger partial charge in [-0.3, -0.25) is 0 Å². The van der Waals surface area contributed by atoms with Gasteiger partial charge < -0.3 is 15.1 Å². The van der Waals surface area contributed by atoms with Gasteiger partial charge in [0.15, 0.2) is 0 Å². The molecule has 1 aliphatic rings. The van der Waals surface area contributed by atoms with E-state index in [-0.39, 0.29) is 0 Å². The fourth-order valence-corrected chi connectivity index (χ4v) is 2.86. The van der Waals surface area contributed by atoms with E-state index in [4.69, 9.17) is 4.74 Å². The van der Waals surface area contributed by atoms with Crippen molar-refractivity contribution in [2.75, 3.05) is 7.11 Å². The van der Waals surface area contributed by atoms with Crippen molar-refractivity contribution in [3.8, 4) is 5.75 Å². The molecule has 20 heavy (non-hydrogen) atoms. The molecule has 0 radical (unpaired) electrons. The number of hydrogen-bond acceptors (Lipinski definition) is 4. The van der Waals surface area contributed by atoms with Crippen LogP contribution in [0.3, 0.4) is 0 Å². The Labute approximate surface area is 120 Å². The summed E-state index contributed by atoms with van der Waals surface area (Å²) in [5.74, 6) is 0.829. The highest BCUT2D eigenvalue weighted by Gasteiger charge is 2.34. The van der Waals surface area contributed by atoms with Crippen LogP contribution in [0, 0.1) is 0 Å². The molecule has 4 nitrogen and oxygen atoms in total. The highest BCUT2D eigenvalue weighted by atomic mass is 16.5. The molecule has 1 aromatic rings. The Bertz CT molecular complexity index is 447. The van der Waals surface area contributed by atoms with Gasteiger partial charge in [-0.1, -0.05) is 36.6 Å². The van der Waals surface area contributed by atoms with E-state index in [2.05, 4.69) is 5.16 Å². The predicted molar refractivity (Wildman–Crippen MR) is 78.6 cm³/mol. The monoisotopic (exact) mass is 277 g/mol. The van der Waals surface area contributed by atoms with Crippen LogP contribution >= 0.6 is 0 Å². The molecule has 1 aliphatic carbocycles. The summed E-state index contributed by atoms with van der Waals surface area (Å²) in [5, 5.41) is 23.2. The summed E-state index contributed by atoms with van der Waals surface area (Å²) in [7, 11) is 1.64. The molecule has 4 heteroatoms. The van der Waals surface area contributed by atoms with Gasteiger partial charge in [0.05, 0.1) is 12.8 Å². The number of nitrogens with zero attached hydrogens (tertiary/aromatic N) is 1. The first kappa shape index (κ1) is 14.9. The minimum atomic E-state index is -0.903. The van der Waals surface area contributed by atoms with Crippen molar-refractivity contribution in [3.63, 3.8) is 0 Å². The first-order valence-corrected chi connectivity index (χ1v) is 7.25. The van der Waals surface area contributed by atoms with Crippen molar-refractivity contribution in [1.82, 2.24) is 0 Å². The zero-order chi connectivity index (χ0) is 14.4. The van der Waals surface area contributed by atoms with Gasteiger partial charge in [-0.25, -0.2) is 0 Å². The smallest absolute Gasteiger partial charge is 0.118 e. The maximum atomic E-state index is 10.6. The quantitative estimate of drug-likeness (QED) is 0.494. The third kappa shape index (κ3) is 3.51. The van der Waals surface area contributed by atoms with Crippen molar-refractivity contribution in [3.05, 3.63) is 29.8 Å². The normalized spacial score (nSPS) is 18.8. The topological polar surface area (TPSA) is 62.0 Å². The summed E-state index contributed by atoms with van der Waals surface area (Å²) in [6, 6.07) is 7.83. The van der Waals surface area contributed by atoms with Gasteiger partial charge >= 0.3 is 0 Å². The van der Waals surface area contributed by atoms with Crippen LogP contribution in [-0.2, 0) is 6.42 Å². The summed E-state index contributed by atoms with van der Waals surface area (Å²) in [6.45, 7) is 0. The van der Waals surface area contributed by atoms with E-state index in [1.165, 1.54) is 0 Å². The van der Waals surface area contributed by atoms with Crippen LogP contribution in [0.1, 0.15) is 44.1 Å². The first-order valence-electron chi connectivity index (χ1n) is 7.25. The Kier molecular flexibility index (Phi) is 5.01. The van der Waals surface area contributed by atoms with Crippen LogP contribution in [0.5, 0.6) is 5.75 Å². The molecule has 0 aliphatic heterocycles. The van der Waals surface area contributed by atoms with Crippen molar-refractivity contribution >= 4 is 5.71 Å². The third-order valence-electron chi connectivity index (χ3n) is 4.15. The van der Waals surface area contributed by atoms with Gasteiger partial charge in [0.2, 0.25) is 0 Å². The second-order valence-electron chi connectivity index (χ2n) is 5.49. The molecule has 1 fully saturated rings. The molecule has 0 unspecified atom stereocenters. The fourth-order valence-electron chi connectivity index (χ4n) is 2.86. The van der Waals surface area contributed by atoms with Crippen LogP contribution in [0.2, 0.25) is 0 Å². The molecule has 1 aromatic carbocycles. The van der Waals surface area contributed by atoms with E-state index in [0.717, 1.165) is 37.0 Å². The SMILES string of the molecule is COc1ccc(CC/C(=N/O)C2(O)CCCCC2)cc1. The second-order valence-corrected chi connectivity index (χ2v) is 5.49. The van der Waals surface area contributed by atoms with Crippen LogP contribution < -0.4 is 4.74 Å². The van der Waals surface area contributed by atoms with Crippen molar-refractivity contribution in [1.29, 1.82) is 0 Å². The maximum absolute atomic E-state index is 10.6. The molecule has 1 saturated carbocycles. The number of ether oxygens (including phenoxy) is 1. The lowest BCUT2D eigenvalue weighted by atomic mass is 9.79. The molecule has 0 spiro atoms. The zero-order valence-electron chi connectivity index (χ0n) is 12.0. The lowest BCUT2D eigenvalue weighted by Gasteiger charge is -2.32. The molecule has 110 valence electrons. The van der Waals surface area contributed by atoms with E-state index >= 15 is 0 Å². The number of aryl methyl sites for hydroxylation is 1.